The number of benzene rings is 1. The molecule has 0 unspecified atom stereocenters. The van der Waals surface area contributed by atoms with Gasteiger partial charge in [-0.2, -0.15) is 0 Å². The maximum Gasteiger partial charge on any atom is 0.321 e. The highest BCUT2D eigenvalue weighted by Crippen LogP contribution is 2.25. The summed E-state index contributed by atoms with van der Waals surface area (Å²) in [5.74, 6) is 0. The highest BCUT2D eigenvalue weighted by atomic mass is 35.5. The molecule has 21 heavy (non-hydrogen) atoms. The van der Waals surface area contributed by atoms with Gasteiger partial charge in [0.05, 0.1) is 0 Å². The third-order valence-electron chi connectivity index (χ3n) is 4.09. The Labute approximate surface area is 135 Å². The number of amides is 2. The fourth-order valence-corrected chi connectivity index (χ4v) is 3.28. The SMILES string of the molecule is CNC1CCC(N(C)C(=O)Nc2cc(Cl)cc(Cl)c2)CC1. The van der Waals surface area contributed by atoms with Gasteiger partial charge in [0.25, 0.3) is 0 Å². The number of carbonyl (C=O) groups excluding carboxylic acids is 1. The summed E-state index contributed by atoms with van der Waals surface area (Å²) in [6.07, 6.45) is 4.24. The summed E-state index contributed by atoms with van der Waals surface area (Å²) in [4.78, 5) is 14.1. The standard InChI is InChI=1S/C15H21Cl2N3O/c1-18-12-3-5-14(6-4-12)20(2)15(21)19-13-8-10(16)7-11(17)9-13/h7-9,12,14,18H,3-6H2,1-2H3,(H,19,21). The Morgan fingerprint density at radius 1 is 1.14 bits per heavy atom. The lowest BCUT2D eigenvalue weighted by Gasteiger charge is -2.34. The zero-order valence-corrected chi connectivity index (χ0v) is 13.8. The van der Waals surface area contributed by atoms with Crippen LogP contribution < -0.4 is 10.6 Å². The van der Waals surface area contributed by atoms with Crippen LogP contribution in [0.2, 0.25) is 10.0 Å². The van der Waals surface area contributed by atoms with Crippen LogP contribution in [0.25, 0.3) is 0 Å². The number of anilines is 1. The highest BCUT2D eigenvalue weighted by Gasteiger charge is 2.25. The van der Waals surface area contributed by atoms with E-state index in [-0.39, 0.29) is 12.1 Å². The van der Waals surface area contributed by atoms with Crippen LogP contribution >= 0.6 is 23.2 Å². The average molecular weight is 330 g/mol. The maximum absolute atomic E-state index is 12.3. The van der Waals surface area contributed by atoms with Crippen LogP contribution in [0.5, 0.6) is 0 Å². The van der Waals surface area contributed by atoms with Crippen molar-refractivity contribution in [3.05, 3.63) is 28.2 Å². The van der Waals surface area contributed by atoms with Gasteiger partial charge in [-0.1, -0.05) is 23.2 Å². The summed E-state index contributed by atoms with van der Waals surface area (Å²) in [6, 6.07) is 5.75. The molecule has 0 spiro atoms. The highest BCUT2D eigenvalue weighted by molar-refractivity contribution is 6.35. The minimum Gasteiger partial charge on any atom is -0.325 e. The van der Waals surface area contributed by atoms with Crippen LogP contribution in [0, 0.1) is 0 Å². The molecule has 0 heterocycles. The van der Waals surface area contributed by atoms with E-state index in [0.717, 1.165) is 25.7 Å². The monoisotopic (exact) mass is 329 g/mol. The van der Waals surface area contributed by atoms with Crippen molar-refractivity contribution in [3.63, 3.8) is 0 Å². The number of hydrogen-bond donors (Lipinski definition) is 2. The van der Waals surface area contributed by atoms with Gasteiger partial charge >= 0.3 is 6.03 Å². The first-order valence-corrected chi connectivity index (χ1v) is 7.92. The predicted molar refractivity (Wildman–Crippen MR) is 88.3 cm³/mol. The van der Waals surface area contributed by atoms with E-state index >= 15 is 0 Å². The predicted octanol–water partition coefficient (Wildman–Crippen LogP) is 3.99. The summed E-state index contributed by atoms with van der Waals surface area (Å²) in [5, 5.41) is 7.16. The average Bonchev–Trinajstić information content (AvgIpc) is 2.45. The van der Waals surface area contributed by atoms with E-state index in [1.807, 2.05) is 14.1 Å². The van der Waals surface area contributed by atoms with Crippen molar-refractivity contribution in [2.24, 2.45) is 0 Å². The summed E-state index contributed by atoms with van der Waals surface area (Å²) < 4.78 is 0. The van der Waals surface area contributed by atoms with Crippen molar-refractivity contribution in [1.29, 1.82) is 0 Å². The second kappa shape index (κ2) is 7.34. The molecule has 1 aliphatic carbocycles. The first-order chi connectivity index (χ1) is 9.99. The van der Waals surface area contributed by atoms with Crippen LogP contribution in [0.3, 0.4) is 0 Å². The first kappa shape index (κ1) is 16.4. The van der Waals surface area contributed by atoms with Crippen LogP contribution in [-0.4, -0.2) is 37.1 Å². The van der Waals surface area contributed by atoms with Crippen molar-refractivity contribution < 1.29 is 4.79 Å². The summed E-state index contributed by atoms with van der Waals surface area (Å²) in [6.45, 7) is 0. The lowest BCUT2D eigenvalue weighted by atomic mass is 9.90. The van der Waals surface area contributed by atoms with E-state index in [0.29, 0.717) is 21.8 Å². The van der Waals surface area contributed by atoms with Gasteiger partial charge in [0.2, 0.25) is 0 Å². The Kier molecular flexibility index (Phi) is 5.73. The number of rotatable bonds is 3. The molecule has 1 aromatic carbocycles. The minimum absolute atomic E-state index is 0.124. The smallest absolute Gasteiger partial charge is 0.321 e. The van der Waals surface area contributed by atoms with Crippen LogP contribution in [0.1, 0.15) is 25.7 Å². The van der Waals surface area contributed by atoms with E-state index in [4.69, 9.17) is 23.2 Å². The number of nitrogens with zero attached hydrogens (tertiary/aromatic N) is 1. The lowest BCUT2D eigenvalue weighted by molar-refractivity contribution is 0.178. The Hall–Kier alpha value is -0.970. The fraction of sp³-hybridized carbons (Fsp3) is 0.533. The Morgan fingerprint density at radius 3 is 2.24 bits per heavy atom. The van der Waals surface area contributed by atoms with Crippen molar-refractivity contribution in [3.8, 4) is 0 Å². The molecule has 0 aliphatic heterocycles. The van der Waals surface area contributed by atoms with Crippen molar-refractivity contribution in [2.75, 3.05) is 19.4 Å². The van der Waals surface area contributed by atoms with Gasteiger partial charge in [0, 0.05) is 34.9 Å². The van der Waals surface area contributed by atoms with Crippen LogP contribution in [0.15, 0.2) is 18.2 Å². The van der Waals surface area contributed by atoms with Crippen molar-refractivity contribution in [2.45, 2.75) is 37.8 Å². The van der Waals surface area contributed by atoms with Crippen LogP contribution in [-0.2, 0) is 0 Å². The second-order valence-electron chi connectivity index (χ2n) is 5.49. The molecule has 1 aromatic rings. The largest absolute Gasteiger partial charge is 0.325 e. The van der Waals surface area contributed by atoms with Crippen LogP contribution in [0.4, 0.5) is 10.5 Å². The molecule has 116 valence electrons. The minimum atomic E-state index is -0.124. The molecule has 1 saturated carbocycles. The van der Waals surface area contributed by atoms with E-state index in [9.17, 15) is 4.79 Å². The van der Waals surface area contributed by atoms with E-state index in [2.05, 4.69) is 10.6 Å². The molecular weight excluding hydrogens is 309 g/mol. The Balaban J connectivity index is 1.93. The van der Waals surface area contributed by atoms with Gasteiger partial charge in [-0.05, 0) is 50.9 Å². The third kappa shape index (κ3) is 4.50. The van der Waals surface area contributed by atoms with Gasteiger partial charge in [0.15, 0.2) is 0 Å². The Morgan fingerprint density at radius 2 is 1.71 bits per heavy atom. The molecule has 0 aromatic heterocycles. The van der Waals surface area contributed by atoms with Gasteiger partial charge in [0.1, 0.15) is 0 Å². The number of halogens is 2. The molecular formula is C15H21Cl2N3O. The molecule has 0 saturated heterocycles. The zero-order valence-electron chi connectivity index (χ0n) is 12.3. The second-order valence-corrected chi connectivity index (χ2v) is 6.37. The first-order valence-electron chi connectivity index (χ1n) is 7.16. The Bertz CT molecular complexity index is 481. The van der Waals surface area contributed by atoms with Gasteiger partial charge < -0.3 is 15.5 Å². The zero-order chi connectivity index (χ0) is 15.4. The topological polar surface area (TPSA) is 44.4 Å². The number of nitrogens with one attached hydrogen (secondary N) is 2. The van der Waals surface area contributed by atoms with Crippen molar-refractivity contribution in [1.82, 2.24) is 10.2 Å². The summed E-state index contributed by atoms with van der Waals surface area (Å²) in [7, 11) is 3.83. The molecule has 0 atom stereocenters. The summed E-state index contributed by atoms with van der Waals surface area (Å²) >= 11 is 11.9. The van der Waals surface area contributed by atoms with Gasteiger partial charge in [-0.25, -0.2) is 4.79 Å². The third-order valence-corrected chi connectivity index (χ3v) is 4.52. The molecule has 6 heteroatoms. The van der Waals surface area contributed by atoms with E-state index in [1.165, 1.54) is 0 Å². The molecule has 2 amide bonds. The van der Waals surface area contributed by atoms with E-state index in [1.54, 1.807) is 23.1 Å². The molecule has 4 nitrogen and oxygen atoms in total. The normalized spacial score (nSPS) is 21.9. The number of hydrogen-bond acceptors (Lipinski definition) is 2. The molecule has 2 N–H and O–H groups in total. The van der Waals surface area contributed by atoms with Gasteiger partial charge in [-0.15, -0.1) is 0 Å². The van der Waals surface area contributed by atoms with E-state index < -0.39 is 0 Å². The van der Waals surface area contributed by atoms with Crippen molar-refractivity contribution >= 4 is 34.9 Å². The maximum atomic E-state index is 12.3. The molecule has 0 radical (unpaired) electrons. The molecule has 1 aliphatic rings. The molecule has 1 fully saturated rings. The lowest BCUT2D eigenvalue weighted by Crippen LogP contribution is -2.44. The molecule has 0 bridgehead atoms. The summed E-state index contributed by atoms with van der Waals surface area (Å²) in [5.41, 5.74) is 0.619. The quantitative estimate of drug-likeness (QED) is 0.880. The number of urea groups is 1. The fourth-order valence-electron chi connectivity index (χ4n) is 2.76. The molecule has 2 rings (SSSR count). The van der Waals surface area contributed by atoms with Gasteiger partial charge in [-0.3, -0.25) is 0 Å². The number of carbonyl (C=O) groups is 1.